The molecule has 0 aromatic rings. The van der Waals surface area contributed by atoms with Gasteiger partial charge < -0.3 is 14.6 Å². The van der Waals surface area contributed by atoms with Gasteiger partial charge in [-0.2, -0.15) is 0 Å². The van der Waals surface area contributed by atoms with E-state index in [1.54, 1.807) is 26.8 Å². The van der Waals surface area contributed by atoms with E-state index >= 15 is 4.39 Å². The zero-order valence-corrected chi connectivity index (χ0v) is 20.4. The Morgan fingerprint density at radius 3 is 2.47 bits per heavy atom. The lowest BCUT2D eigenvalue weighted by molar-refractivity contribution is -0.229. The second kappa shape index (κ2) is 7.83. The molecule has 0 aromatic carbocycles. The number of halogens is 1. The van der Waals surface area contributed by atoms with Gasteiger partial charge in [0.2, 0.25) is 5.78 Å². The molecule has 0 aliphatic heterocycles. The summed E-state index contributed by atoms with van der Waals surface area (Å²) in [5, 5.41) is 11.9. The molecule has 1 N–H and O–H groups in total. The number of aliphatic hydroxyl groups is 1. The minimum absolute atomic E-state index is 0.0679. The van der Waals surface area contributed by atoms with Crippen molar-refractivity contribution in [3.05, 3.63) is 23.8 Å². The van der Waals surface area contributed by atoms with Crippen molar-refractivity contribution in [2.24, 2.45) is 28.6 Å². The molecule has 186 valence electrons. The molecule has 0 radical (unpaired) electrons. The van der Waals surface area contributed by atoms with Crippen LogP contribution in [0.2, 0.25) is 0 Å². The molecule has 0 aromatic heterocycles. The highest BCUT2D eigenvalue weighted by Gasteiger charge is 2.76. The molecule has 3 fully saturated rings. The van der Waals surface area contributed by atoms with Crippen LogP contribution in [-0.4, -0.2) is 52.6 Å². The lowest BCUT2D eigenvalue weighted by Gasteiger charge is -2.63. The second-order valence-electron chi connectivity index (χ2n) is 11.0. The van der Waals surface area contributed by atoms with Crippen molar-refractivity contribution in [1.82, 2.24) is 0 Å². The molecule has 8 heteroatoms. The fourth-order valence-electron chi connectivity index (χ4n) is 7.71. The van der Waals surface area contributed by atoms with E-state index in [1.165, 1.54) is 26.0 Å². The molecule has 4 aliphatic carbocycles. The van der Waals surface area contributed by atoms with Crippen LogP contribution in [0, 0.1) is 28.6 Å². The number of allylic oxidation sites excluding steroid dienone is 4. The summed E-state index contributed by atoms with van der Waals surface area (Å²) < 4.78 is 28.1. The molecule has 0 saturated heterocycles. The van der Waals surface area contributed by atoms with E-state index in [2.05, 4.69) is 0 Å². The Hall–Kier alpha value is -2.35. The molecular weight excluding hydrogens is 443 g/mol. The number of hydrogen-bond donors (Lipinski definition) is 1. The number of alkyl halides is 1. The number of ketones is 2. The van der Waals surface area contributed by atoms with E-state index < -0.39 is 64.4 Å². The van der Waals surface area contributed by atoms with Gasteiger partial charge in [-0.1, -0.05) is 25.5 Å². The van der Waals surface area contributed by atoms with Gasteiger partial charge in [0.15, 0.2) is 18.1 Å². The van der Waals surface area contributed by atoms with Crippen LogP contribution in [0.15, 0.2) is 23.8 Å². The van der Waals surface area contributed by atoms with Crippen LogP contribution < -0.4 is 0 Å². The fraction of sp³-hybridized carbons (Fsp3) is 0.692. The SMILES string of the molecule is CC(=O)OCC(=O)[C@@]1(O)[C@H](C)C[C@@H]2[C@H]3CCC4=CC(=O)C=C[C@]4(C)[C@@]3(F)[C@H](OC(C)=O)C[C@@]21C. The summed E-state index contributed by atoms with van der Waals surface area (Å²) in [5.41, 5.74) is -5.48. The highest BCUT2D eigenvalue weighted by atomic mass is 19.1. The van der Waals surface area contributed by atoms with Crippen molar-refractivity contribution < 1.29 is 38.1 Å². The Morgan fingerprint density at radius 1 is 1.18 bits per heavy atom. The predicted octanol–water partition coefficient (Wildman–Crippen LogP) is 3.04. The molecule has 7 nitrogen and oxygen atoms in total. The van der Waals surface area contributed by atoms with Crippen LogP contribution in [0.5, 0.6) is 0 Å². The molecule has 0 amide bonds. The first kappa shape index (κ1) is 24.8. The van der Waals surface area contributed by atoms with E-state index in [9.17, 15) is 24.3 Å². The number of hydrogen-bond acceptors (Lipinski definition) is 7. The van der Waals surface area contributed by atoms with Crippen molar-refractivity contribution in [3.8, 4) is 0 Å². The minimum atomic E-state index is -2.02. The van der Waals surface area contributed by atoms with Gasteiger partial charge in [0.05, 0.1) is 0 Å². The first-order valence-electron chi connectivity index (χ1n) is 11.9. The van der Waals surface area contributed by atoms with Crippen LogP contribution in [0.3, 0.4) is 0 Å². The Kier molecular flexibility index (Phi) is 5.71. The lowest BCUT2D eigenvalue weighted by atomic mass is 9.44. The van der Waals surface area contributed by atoms with E-state index in [1.807, 2.05) is 0 Å². The zero-order valence-electron chi connectivity index (χ0n) is 20.4. The maximum Gasteiger partial charge on any atom is 0.303 e. The average Bonchev–Trinajstić information content (AvgIpc) is 2.94. The quantitative estimate of drug-likeness (QED) is 0.622. The van der Waals surface area contributed by atoms with Gasteiger partial charge in [-0.15, -0.1) is 0 Å². The largest absolute Gasteiger partial charge is 0.459 e. The molecular formula is C26H33FO7. The summed E-state index contributed by atoms with van der Waals surface area (Å²) in [6, 6.07) is 0. The number of carbonyl (C=O) groups excluding carboxylic acids is 4. The van der Waals surface area contributed by atoms with Crippen LogP contribution in [-0.2, 0) is 28.7 Å². The monoisotopic (exact) mass is 476 g/mol. The molecule has 4 rings (SSSR count). The summed E-state index contributed by atoms with van der Waals surface area (Å²) >= 11 is 0. The standard InChI is InChI=1S/C26H33FO7/c1-14-10-20-19-7-6-17-11-18(30)8-9-23(17,4)25(19,27)22(34-16(3)29)12-24(20,5)26(14,32)21(31)13-33-15(2)28/h8-9,11,14,19-20,22,32H,6-7,10,12-13H2,1-5H3/t14-,19-,20-,22-,23+,24+,25+,26+/m1/s1. The second-order valence-corrected chi connectivity index (χ2v) is 11.0. The van der Waals surface area contributed by atoms with Crippen LogP contribution in [0.4, 0.5) is 4.39 Å². The highest BCUT2D eigenvalue weighted by Crippen LogP contribution is 2.71. The van der Waals surface area contributed by atoms with Crippen molar-refractivity contribution in [2.45, 2.75) is 77.7 Å². The number of carbonyl (C=O) groups is 4. The summed E-state index contributed by atoms with van der Waals surface area (Å²) in [6.07, 6.45) is 4.43. The van der Waals surface area contributed by atoms with Gasteiger partial charge in [-0.25, -0.2) is 4.39 Å². The van der Waals surface area contributed by atoms with Gasteiger partial charge in [-0.3, -0.25) is 19.2 Å². The van der Waals surface area contributed by atoms with Crippen molar-refractivity contribution in [1.29, 1.82) is 0 Å². The van der Waals surface area contributed by atoms with Gasteiger partial charge in [-0.05, 0) is 56.6 Å². The topological polar surface area (TPSA) is 107 Å². The Labute approximate surface area is 198 Å². The van der Waals surface area contributed by atoms with Gasteiger partial charge in [0.1, 0.15) is 11.7 Å². The molecule has 4 aliphatic rings. The van der Waals surface area contributed by atoms with Crippen molar-refractivity contribution in [3.63, 3.8) is 0 Å². The average molecular weight is 477 g/mol. The van der Waals surface area contributed by atoms with E-state index in [-0.39, 0.29) is 18.1 Å². The maximum atomic E-state index is 17.6. The number of fused-ring (bicyclic) bond motifs is 5. The number of rotatable bonds is 4. The number of Topliss-reactive ketones (excluding diaryl/α,β-unsaturated/α-hetero) is 1. The van der Waals surface area contributed by atoms with E-state index in [4.69, 9.17) is 9.47 Å². The molecule has 8 atom stereocenters. The van der Waals surface area contributed by atoms with Crippen LogP contribution in [0.1, 0.15) is 60.3 Å². The molecule has 0 bridgehead atoms. The summed E-state index contributed by atoms with van der Waals surface area (Å²) in [5.74, 6) is -3.62. The molecule has 34 heavy (non-hydrogen) atoms. The van der Waals surface area contributed by atoms with E-state index in [0.29, 0.717) is 24.8 Å². The summed E-state index contributed by atoms with van der Waals surface area (Å²) in [4.78, 5) is 48.7. The first-order valence-corrected chi connectivity index (χ1v) is 11.9. The van der Waals surface area contributed by atoms with Gasteiger partial charge >= 0.3 is 11.9 Å². The third kappa shape index (κ3) is 3.10. The van der Waals surface area contributed by atoms with Crippen molar-refractivity contribution in [2.75, 3.05) is 6.61 Å². The Bertz CT molecular complexity index is 1020. The molecule has 3 saturated carbocycles. The predicted molar refractivity (Wildman–Crippen MR) is 119 cm³/mol. The van der Waals surface area contributed by atoms with Crippen LogP contribution >= 0.6 is 0 Å². The smallest absolute Gasteiger partial charge is 0.303 e. The normalized spacial score (nSPS) is 44.9. The molecule has 0 spiro atoms. The number of esters is 2. The van der Waals surface area contributed by atoms with Gasteiger partial charge in [0.25, 0.3) is 0 Å². The molecule has 0 heterocycles. The fourth-order valence-corrected chi connectivity index (χ4v) is 7.71. The van der Waals surface area contributed by atoms with E-state index in [0.717, 1.165) is 0 Å². The lowest BCUT2D eigenvalue weighted by Crippen LogP contribution is -2.70. The molecule has 0 unspecified atom stereocenters. The Balaban J connectivity index is 1.83. The minimum Gasteiger partial charge on any atom is -0.459 e. The Morgan fingerprint density at radius 2 is 1.85 bits per heavy atom. The van der Waals surface area contributed by atoms with Gasteiger partial charge in [0, 0.05) is 30.6 Å². The third-order valence-corrected chi connectivity index (χ3v) is 9.34. The van der Waals surface area contributed by atoms with Crippen molar-refractivity contribution >= 4 is 23.5 Å². The number of ether oxygens (including phenoxy) is 2. The summed E-state index contributed by atoms with van der Waals surface area (Å²) in [6.45, 7) is 7.08. The maximum absolute atomic E-state index is 17.6. The first-order chi connectivity index (χ1) is 15.7. The van der Waals surface area contributed by atoms with Crippen LogP contribution in [0.25, 0.3) is 0 Å². The summed E-state index contributed by atoms with van der Waals surface area (Å²) in [7, 11) is 0. The zero-order chi connectivity index (χ0) is 25.3. The highest BCUT2D eigenvalue weighted by molar-refractivity contribution is 6.01. The third-order valence-electron chi connectivity index (χ3n) is 9.34.